The highest BCUT2D eigenvalue weighted by molar-refractivity contribution is 5.56. The Labute approximate surface area is 124 Å². The van der Waals surface area contributed by atoms with E-state index in [0.717, 1.165) is 35.6 Å². The summed E-state index contributed by atoms with van der Waals surface area (Å²) in [5.74, 6) is 1.83. The molecule has 1 aromatic heterocycles. The number of rotatable bonds is 5. The summed E-state index contributed by atoms with van der Waals surface area (Å²) < 4.78 is 13.3. The number of aromatic nitrogens is 2. The van der Waals surface area contributed by atoms with Crippen LogP contribution < -0.4 is 10.6 Å². The molecule has 5 heteroatoms. The molecule has 21 heavy (non-hydrogen) atoms. The minimum atomic E-state index is -0.230. The van der Waals surface area contributed by atoms with Crippen molar-refractivity contribution in [2.24, 2.45) is 0 Å². The van der Waals surface area contributed by atoms with Crippen molar-refractivity contribution < 1.29 is 4.39 Å². The zero-order valence-corrected chi connectivity index (χ0v) is 12.7. The molecule has 4 nitrogen and oxygen atoms in total. The molecule has 0 bridgehead atoms. The topological polar surface area (TPSA) is 55.0 Å². The number of nitrogens with zero attached hydrogens (tertiary/aromatic N) is 3. The lowest BCUT2D eigenvalue weighted by molar-refractivity contribution is 0.625. The van der Waals surface area contributed by atoms with Crippen LogP contribution in [0, 0.1) is 12.7 Å². The highest BCUT2D eigenvalue weighted by Gasteiger charge is 2.13. The summed E-state index contributed by atoms with van der Waals surface area (Å²) in [6, 6.07) is 6.58. The first-order valence-electron chi connectivity index (χ1n) is 7.09. The van der Waals surface area contributed by atoms with Crippen LogP contribution >= 0.6 is 0 Å². The second-order valence-electron chi connectivity index (χ2n) is 5.21. The van der Waals surface area contributed by atoms with Gasteiger partial charge in [-0.2, -0.15) is 0 Å². The average molecular weight is 288 g/mol. The van der Waals surface area contributed by atoms with Gasteiger partial charge in [-0.15, -0.1) is 0 Å². The van der Waals surface area contributed by atoms with Gasteiger partial charge in [-0.05, 0) is 31.0 Å². The molecule has 1 heterocycles. The van der Waals surface area contributed by atoms with E-state index in [0.29, 0.717) is 12.4 Å². The molecule has 0 aliphatic rings. The summed E-state index contributed by atoms with van der Waals surface area (Å²) in [5, 5.41) is 0. The van der Waals surface area contributed by atoms with Gasteiger partial charge in [0.15, 0.2) is 0 Å². The number of benzene rings is 1. The lowest BCUT2D eigenvalue weighted by Gasteiger charge is -2.21. The third-order valence-electron chi connectivity index (χ3n) is 3.35. The van der Waals surface area contributed by atoms with Crippen molar-refractivity contribution in [3.8, 4) is 0 Å². The van der Waals surface area contributed by atoms with Gasteiger partial charge in [0, 0.05) is 25.6 Å². The van der Waals surface area contributed by atoms with Gasteiger partial charge in [0.05, 0.1) is 0 Å². The zero-order chi connectivity index (χ0) is 15.4. The average Bonchev–Trinajstić information content (AvgIpc) is 2.43. The van der Waals surface area contributed by atoms with E-state index in [1.165, 1.54) is 12.1 Å². The lowest BCUT2D eigenvalue weighted by Crippen LogP contribution is -2.21. The second-order valence-corrected chi connectivity index (χ2v) is 5.21. The van der Waals surface area contributed by atoms with E-state index in [-0.39, 0.29) is 5.82 Å². The molecule has 2 N–H and O–H groups in total. The maximum absolute atomic E-state index is 13.3. The molecule has 0 saturated carbocycles. The first-order chi connectivity index (χ1) is 10.0. The summed E-state index contributed by atoms with van der Waals surface area (Å²) in [6.07, 6.45) is 1.76. The number of anilines is 2. The maximum atomic E-state index is 13.3. The van der Waals surface area contributed by atoms with Crippen LogP contribution in [0.4, 0.5) is 16.0 Å². The van der Waals surface area contributed by atoms with Gasteiger partial charge in [-0.3, -0.25) is 0 Å². The van der Waals surface area contributed by atoms with Gasteiger partial charge in [0.1, 0.15) is 23.3 Å². The zero-order valence-electron chi connectivity index (χ0n) is 12.7. The van der Waals surface area contributed by atoms with Crippen LogP contribution in [0.1, 0.15) is 30.3 Å². The summed E-state index contributed by atoms with van der Waals surface area (Å²) in [7, 11) is 1.93. The Kier molecular flexibility index (Phi) is 4.73. The van der Waals surface area contributed by atoms with Crippen molar-refractivity contribution in [2.75, 3.05) is 17.7 Å². The predicted octanol–water partition coefficient (Wildman–Crippen LogP) is 3.10. The highest BCUT2D eigenvalue weighted by Crippen LogP contribution is 2.22. The number of halogens is 1. The van der Waals surface area contributed by atoms with Crippen LogP contribution in [0.15, 0.2) is 24.3 Å². The Hall–Kier alpha value is -2.17. The SMILES string of the molecule is CCCc1nc(N)c(C)c(N(C)Cc2cccc(F)c2)n1. The number of hydrogen-bond acceptors (Lipinski definition) is 4. The highest BCUT2D eigenvalue weighted by atomic mass is 19.1. The molecule has 112 valence electrons. The summed E-state index contributed by atoms with van der Waals surface area (Å²) in [6.45, 7) is 4.55. The second kappa shape index (κ2) is 6.52. The molecule has 0 amide bonds. The minimum Gasteiger partial charge on any atom is -0.383 e. The fraction of sp³-hybridized carbons (Fsp3) is 0.375. The van der Waals surface area contributed by atoms with E-state index in [1.54, 1.807) is 6.07 Å². The van der Waals surface area contributed by atoms with Gasteiger partial charge in [0.2, 0.25) is 0 Å². The van der Waals surface area contributed by atoms with Crippen LogP contribution in [0.5, 0.6) is 0 Å². The van der Waals surface area contributed by atoms with Crippen LogP contribution in [0.2, 0.25) is 0 Å². The normalized spacial score (nSPS) is 10.7. The third kappa shape index (κ3) is 3.68. The van der Waals surface area contributed by atoms with E-state index in [9.17, 15) is 4.39 Å². The van der Waals surface area contributed by atoms with Crippen molar-refractivity contribution in [3.63, 3.8) is 0 Å². The molecular formula is C16H21FN4. The maximum Gasteiger partial charge on any atom is 0.137 e. The summed E-state index contributed by atoms with van der Waals surface area (Å²) in [4.78, 5) is 10.9. The fourth-order valence-corrected chi connectivity index (χ4v) is 2.26. The summed E-state index contributed by atoms with van der Waals surface area (Å²) in [5.41, 5.74) is 7.72. The van der Waals surface area contributed by atoms with E-state index in [4.69, 9.17) is 5.73 Å². The monoisotopic (exact) mass is 288 g/mol. The molecule has 0 spiro atoms. The molecule has 0 radical (unpaired) electrons. The first-order valence-corrected chi connectivity index (χ1v) is 7.09. The molecule has 0 atom stereocenters. The quantitative estimate of drug-likeness (QED) is 0.918. The molecule has 0 aliphatic carbocycles. The fourth-order valence-electron chi connectivity index (χ4n) is 2.26. The molecule has 2 rings (SSSR count). The Morgan fingerprint density at radius 3 is 2.71 bits per heavy atom. The van der Waals surface area contributed by atoms with Crippen molar-refractivity contribution >= 4 is 11.6 Å². The number of hydrogen-bond donors (Lipinski definition) is 1. The third-order valence-corrected chi connectivity index (χ3v) is 3.35. The van der Waals surface area contributed by atoms with Crippen molar-refractivity contribution in [2.45, 2.75) is 33.2 Å². The van der Waals surface area contributed by atoms with Gasteiger partial charge in [-0.25, -0.2) is 14.4 Å². The van der Waals surface area contributed by atoms with Crippen LogP contribution in [0.25, 0.3) is 0 Å². The molecule has 0 saturated heterocycles. The van der Waals surface area contributed by atoms with Crippen molar-refractivity contribution in [1.29, 1.82) is 0 Å². The van der Waals surface area contributed by atoms with Crippen LogP contribution in [-0.2, 0) is 13.0 Å². The Bertz CT molecular complexity index is 628. The molecule has 0 unspecified atom stereocenters. The van der Waals surface area contributed by atoms with Gasteiger partial charge in [0.25, 0.3) is 0 Å². The number of nitrogen functional groups attached to an aromatic ring is 1. The van der Waals surface area contributed by atoms with Gasteiger partial charge >= 0.3 is 0 Å². The largest absolute Gasteiger partial charge is 0.383 e. The molecule has 0 fully saturated rings. The van der Waals surface area contributed by atoms with Crippen LogP contribution in [0.3, 0.4) is 0 Å². The Balaban J connectivity index is 2.27. The molecule has 2 aromatic rings. The van der Waals surface area contributed by atoms with E-state index in [2.05, 4.69) is 16.9 Å². The smallest absolute Gasteiger partial charge is 0.137 e. The Morgan fingerprint density at radius 1 is 1.29 bits per heavy atom. The van der Waals surface area contributed by atoms with Crippen molar-refractivity contribution in [1.82, 2.24) is 9.97 Å². The van der Waals surface area contributed by atoms with Gasteiger partial charge < -0.3 is 10.6 Å². The standard InChI is InChI=1S/C16H21FN4/c1-4-6-14-19-15(18)11(2)16(20-14)21(3)10-12-7-5-8-13(17)9-12/h5,7-9H,4,6,10H2,1-3H3,(H2,18,19,20). The Morgan fingerprint density at radius 2 is 2.05 bits per heavy atom. The molecular weight excluding hydrogens is 267 g/mol. The lowest BCUT2D eigenvalue weighted by atomic mass is 10.2. The number of nitrogens with two attached hydrogens (primary N) is 1. The van der Waals surface area contributed by atoms with E-state index in [1.807, 2.05) is 24.9 Å². The minimum absolute atomic E-state index is 0.230. The van der Waals surface area contributed by atoms with Crippen LogP contribution in [-0.4, -0.2) is 17.0 Å². The summed E-state index contributed by atoms with van der Waals surface area (Å²) >= 11 is 0. The predicted molar refractivity (Wildman–Crippen MR) is 83.7 cm³/mol. The van der Waals surface area contributed by atoms with E-state index >= 15 is 0 Å². The van der Waals surface area contributed by atoms with Gasteiger partial charge in [-0.1, -0.05) is 19.1 Å². The molecule has 1 aromatic carbocycles. The van der Waals surface area contributed by atoms with Crippen molar-refractivity contribution in [3.05, 3.63) is 47.0 Å². The molecule has 0 aliphatic heterocycles. The first kappa shape index (κ1) is 15.2. The number of aryl methyl sites for hydroxylation is 1. The van der Waals surface area contributed by atoms with E-state index < -0.39 is 0 Å².